The van der Waals surface area contributed by atoms with E-state index in [0.29, 0.717) is 5.69 Å². The van der Waals surface area contributed by atoms with Crippen LogP contribution in [0.3, 0.4) is 0 Å². The molecule has 1 aromatic carbocycles. The lowest BCUT2D eigenvalue weighted by Crippen LogP contribution is -1.96. The number of nitrogens with zero attached hydrogens (tertiary/aromatic N) is 2. The van der Waals surface area contributed by atoms with Crippen molar-refractivity contribution in [2.45, 2.75) is 13.8 Å². The summed E-state index contributed by atoms with van der Waals surface area (Å²) in [6.07, 6.45) is 0. The second kappa shape index (κ2) is 5.16. The van der Waals surface area contributed by atoms with E-state index < -0.39 is 0 Å². The normalized spacial score (nSPS) is 12.7. The van der Waals surface area contributed by atoms with Crippen LogP contribution in [0.1, 0.15) is 13.8 Å². The maximum absolute atomic E-state index is 12.6. The molecule has 0 amide bonds. The highest BCUT2D eigenvalue weighted by Crippen LogP contribution is 2.15. The first kappa shape index (κ1) is 12.0. The number of allylic oxidation sites excluding steroid dienone is 2. The first-order valence-corrected chi connectivity index (χ1v) is 4.59. The summed E-state index contributed by atoms with van der Waals surface area (Å²) in [5.41, 5.74) is 0.297. The van der Waals surface area contributed by atoms with Gasteiger partial charge in [-0.25, -0.2) is 4.39 Å². The molecule has 0 aliphatic rings. The Bertz CT molecular complexity index is 446. The van der Waals surface area contributed by atoms with E-state index in [1.54, 1.807) is 0 Å². The molecule has 0 fully saturated rings. The van der Waals surface area contributed by atoms with Crippen LogP contribution in [0.2, 0.25) is 0 Å². The van der Waals surface area contributed by atoms with E-state index in [1.807, 2.05) is 0 Å². The highest BCUT2D eigenvalue weighted by molar-refractivity contribution is 5.93. The van der Waals surface area contributed by atoms with E-state index in [4.69, 9.17) is 5.11 Å². The molecule has 0 unspecified atom stereocenters. The van der Waals surface area contributed by atoms with Crippen LogP contribution >= 0.6 is 0 Å². The summed E-state index contributed by atoms with van der Waals surface area (Å²) < 4.78 is 12.6. The van der Waals surface area contributed by atoms with E-state index in [-0.39, 0.29) is 23.1 Å². The molecule has 16 heavy (non-hydrogen) atoms. The number of hydrogen-bond donors (Lipinski definition) is 1. The highest BCUT2D eigenvalue weighted by Gasteiger charge is 2.06. The monoisotopic (exact) mass is 222 g/mol. The molecule has 0 aliphatic heterocycles. The van der Waals surface area contributed by atoms with E-state index >= 15 is 0 Å². The Hall–Kier alpha value is -2.04. The Morgan fingerprint density at radius 3 is 2.25 bits per heavy atom. The van der Waals surface area contributed by atoms with Crippen LogP contribution in [0.15, 0.2) is 46.0 Å². The zero-order chi connectivity index (χ0) is 12.1. The summed E-state index contributed by atoms with van der Waals surface area (Å²) in [6.45, 7) is 2.62. The number of benzene rings is 1. The molecule has 0 radical (unpaired) electrons. The summed E-state index contributed by atoms with van der Waals surface area (Å²) in [5, 5.41) is 16.5. The molecule has 84 valence electrons. The van der Waals surface area contributed by atoms with Gasteiger partial charge in [-0.15, -0.1) is 5.11 Å². The van der Waals surface area contributed by atoms with Gasteiger partial charge >= 0.3 is 0 Å². The van der Waals surface area contributed by atoms with Gasteiger partial charge in [0.05, 0.1) is 5.69 Å². The number of aliphatic hydroxyl groups is 1. The average Bonchev–Trinajstić information content (AvgIpc) is 2.20. The van der Waals surface area contributed by atoms with E-state index in [1.165, 1.54) is 38.1 Å². The molecule has 0 aromatic heterocycles. The molecule has 1 aromatic rings. The SMILES string of the molecule is CC(=O)/C(N=Nc1ccc(F)cc1)=C(\C)O. The molecule has 1 rings (SSSR count). The molecule has 0 heterocycles. The fourth-order valence-electron chi connectivity index (χ4n) is 1.01. The predicted molar refractivity (Wildman–Crippen MR) is 56.9 cm³/mol. The molecule has 1 N–H and O–H groups in total. The van der Waals surface area contributed by atoms with Gasteiger partial charge in [0.2, 0.25) is 0 Å². The van der Waals surface area contributed by atoms with Crippen LogP contribution in [0, 0.1) is 5.82 Å². The fraction of sp³-hybridized carbons (Fsp3) is 0.182. The number of azo groups is 1. The number of ketones is 1. The largest absolute Gasteiger partial charge is 0.510 e. The number of Topliss-reactive ketones (excluding diaryl/α,β-unsaturated/α-hetero) is 1. The van der Waals surface area contributed by atoms with Crippen molar-refractivity contribution in [3.05, 3.63) is 41.5 Å². The van der Waals surface area contributed by atoms with Gasteiger partial charge in [-0.05, 0) is 31.2 Å². The van der Waals surface area contributed by atoms with Crippen LogP contribution < -0.4 is 0 Å². The van der Waals surface area contributed by atoms with Crippen molar-refractivity contribution < 1.29 is 14.3 Å². The number of hydrogen-bond acceptors (Lipinski definition) is 4. The molecule has 0 spiro atoms. The first-order valence-electron chi connectivity index (χ1n) is 4.59. The molecule has 0 aliphatic carbocycles. The van der Waals surface area contributed by atoms with Crippen molar-refractivity contribution in [3.8, 4) is 0 Å². The molecular weight excluding hydrogens is 211 g/mol. The van der Waals surface area contributed by atoms with Gasteiger partial charge in [0.1, 0.15) is 11.6 Å². The molecule has 5 heteroatoms. The standard InChI is InChI=1S/C11H11FN2O2/c1-7(15)11(8(2)16)14-13-10-5-3-9(12)4-6-10/h3-6,15H,1-2H3/b11-7-,14-13?. The van der Waals surface area contributed by atoms with Crippen molar-refractivity contribution in [3.63, 3.8) is 0 Å². The molecule has 0 saturated carbocycles. The van der Waals surface area contributed by atoms with Crippen molar-refractivity contribution in [1.29, 1.82) is 0 Å². The van der Waals surface area contributed by atoms with Crippen LogP contribution in [-0.2, 0) is 4.79 Å². The van der Waals surface area contributed by atoms with Crippen LogP contribution in [0.5, 0.6) is 0 Å². The van der Waals surface area contributed by atoms with E-state index in [0.717, 1.165) is 0 Å². The van der Waals surface area contributed by atoms with Gasteiger partial charge in [-0.3, -0.25) is 4.79 Å². The van der Waals surface area contributed by atoms with E-state index in [9.17, 15) is 9.18 Å². The Morgan fingerprint density at radius 1 is 1.25 bits per heavy atom. The number of rotatable bonds is 3. The molecular formula is C11H11FN2O2. The quantitative estimate of drug-likeness (QED) is 0.484. The Morgan fingerprint density at radius 2 is 1.81 bits per heavy atom. The third-order valence-electron chi connectivity index (χ3n) is 1.77. The number of carbonyl (C=O) groups excluding carboxylic acids is 1. The molecule has 4 nitrogen and oxygen atoms in total. The lowest BCUT2D eigenvalue weighted by molar-refractivity contribution is -0.113. The second-order valence-corrected chi connectivity index (χ2v) is 3.17. The highest BCUT2D eigenvalue weighted by atomic mass is 19.1. The summed E-state index contributed by atoms with van der Waals surface area (Å²) in [5.74, 6) is -0.955. The van der Waals surface area contributed by atoms with Gasteiger partial charge in [-0.1, -0.05) is 0 Å². The van der Waals surface area contributed by atoms with Crippen LogP contribution in [0.4, 0.5) is 10.1 Å². The van der Waals surface area contributed by atoms with Crippen LogP contribution in [0.25, 0.3) is 0 Å². The summed E-state index contributed by atoms with van der Waals surface area (Å²) in [4.78, 5) is 11.0. The van der Waals surface area contributed by atoms with Gasteiger partial charge in [0.15, 0.2) is 11.5 Å². The summed E-state index contributed by atoms with van der Waals surface area (Å²) in [6, 6.07) is 5.31. The van der Waals surface area contributed by atoms with Gasteiger partial charge in [0, 0.05) is 6.92 Å². The lowest BCUT2D eigenvalue weighted by atomic mass is 10.3. The Balaban J connectivity index is 2.92. The summed E-state index contributed by atoms with van der Waals surface area (Å²) in [7, 11) is 0. The average molecular weight is 222 g/mol. The molecule has 0 atom stereocenters. The zero-order valence-electron chi connectivity index (χ0n) is 8.94. The Kier molecular flexibility index (Phi) is 3.88. The van der Waals surface area contributed by atoms with Crippen molar-refractivity contribution >= 4 is 11.5 Å². The molecule has 0 saturated heterocycles. The number of halogens is 1. The second-order valence-electron chi connectivity index (χ2n) is 3.17. The van der Waals surface area contributed by atoms with Gasteiger partial charge in [0.25, 0.3) is 0 Å². The van der Waals surface area contributed by atoms with Crippen molar-refractivity contribution in [2.75, 3.05) is 0 Å². The Labute approximate surface area is 92.1 Å². The minimum absolute atomic E-state index is 0.107. The maximum Gasteiger partial charge on any atom is 0.183 e. The van der Waals surface area contributed by atoms with E-state index in [2.05, 4.69) is 10.2 Å². The smallest absolute Gasteiger partial charge is 0.183 e. The topological polar surface area (TPSA) is 62.0 Å². The number of carbonyl (C=O) groups is 1. The predicted octanol–water partition coefficient (Wildman–Crippen LogP) is 3.29. The minimum Gasteiger partial charge on any atom is -0.510 e. The summed E-state index contributed by atoms with van der Waals surface area (Å²) >= 11 is 0. The lowest BCUT2D eigenvalue weighted by Gasteiger charge is -1.96. The fourth-order valence-corrected chi connectivity index (χ4v) is 1.01. The first-order chi connectivity index (χ1) is 7.50. The van der Waals surface area contributed by atoms with Gasteiger partial charge < -0.3 is 5.11 Å². The van der Waals surface area contributed by atoms with Crippen molar-refractivity contribution in [2.24, 2.45) is 10.2 Å². The maximum atomic E-state index is 12.6. The third-order valence-corrected chi connectivity index (χ3v) is 1.77. The minimum atomic E-state index is -0.383. The van der Waals surface area contributed by atoms with Crippen LogP contribution in [-0.4, -0.2) is 10.9 Å². The number of aliphatic hydroxyl groups excluding tert-OH is 1. The zero-order valence-corrected chi connectivity index (χ0v) is 8.94. The third kappa shape index (κ3) is 3.27. The van der Waals surface area contributed by atoms with Gasteiger partial charge in [-0.2, -0.15) is 5.11 Å². The molecule has 0 bridgehead atoms. The van der Waals surface area contributed by atoms with Crippen molar-refractivity contribution in [1.82, 2.24) is 0 Å².